The molecule has 3 nitrogen and oxygen atoms in total. The van der Waals surface area contributed by atoms with Crippen molar-refractivity contribution in [3.8, 4) is 0 Å². The molecule has 0 saturated heterocycles. The zero-order chi connectivity index (χ0) is 11.4. The van der Waals surface area contributed by atoms with E-state index >= 15 is 0 Å². The van der Waals surface area contributed by atoms with Crippen LogP contribution in [0.15, 0.2) is 18.2 Å². The van der Waals surface area contributed by atoms with Gasteiger partial charge in [-0.2, -0.15) is 0 Å². The average Bonchev–Trinajstić information content (AvgIpc) is 2.16. The molecule has 0 aliphatic carbocycles. The lowest BCUT2D eigenvalue weighted by molar-refractivity contribution is -0.114. The first-order chi connectivity index (χ1) is 7.06. The second-order valence-electron chi connectivity index (χ2n) is 3.77. The van der Waals surface area contributed by atoms with Crippen LogP contribution >= 0.6 is 0 Å². The second-order valence-corrected chi connectivity index (χ2v) is 3.77. The minimum absolute atomic E-state index is 0.161. The predicted molar refractivity (Wildman–Crippen MR) is 60.2 cm³/mol. The fourth-order valence-corrected chi connectivity index (χ4v) is 1.49. The standard InChI is InChI=1S/C12H15NO2/c1-8(2)11-6-4-5-10(7-14)12(11)13-9(3)15/h4-8H,1-3H3,(H,13,15). The summed E-state index contributed by atoms with van der Waals surface area (Å²) in [6.07, 6.45) is 0.761. The Balaban J connectivity index is 3.26. The zero-order valence-electron chi connectivity index (χ0n) is 9.20. The van der Waals surface area contributed by atoms with E-state index in [1.54, 1.807) is 6.07 Å². The van der Waals surface area contributed by atoms with E-state index in [9.17, 15) is 9.59 Å². The highest BCUT2D eigenvalue weighted by Crippen LogP contribution is 2.26. The Morgan fingerprint density at radius 1 is 1.40 bits per heavy atom. The molecule has 15 heavy (non-hydrogen) atoms. The third kappa shape index (κ3) is 2.65. The van der Waals surface area contributed by atoms with E-state index in [1.165, 1.54) is 6.92 Å². The summed E-state index contributed by atoms with van der Waals surface area (Å²) in [6.45, 7) is 5.48. The highest BCUT2D eigenvalue weighted by atomic mass is 16.1. The molecule has 0 aliphatic rings. The van der Waals surface area contributed by atoms with Crippen molar-refractivity contribution in [2.24, 2.45) is 0 Å². The molecular weight excluding hydrogens is 190 g/mol. The number of amides is 1. The fourth-order valence-electron chi connectivity index (χ4n) is 1.49. The summed E-state index contributed by atoms with van der Waals surface area (Å²) in [4.78, 5) is 21.9. The van der Waals surface area contributed by atoms with Crippen molar-refractivity contribution in [3.63, 3.8) is 0 Å². The van der Waals surface area contributed by atoms with Crippen LogP contribution < -0.4 is 5.32 Å². The first kappa shape index (κ1) is 11.4. The molecule has 1 amide bonds. The van der Waals surface area contributed by atoms with Gasteiger partial charge >= 0.3 is 0 Å². The van der Waals surface area contributed by atoms with Crippen LogP contribution in [-0.2, 0) is 4.79 Å². The normalized spacial score (nSPS) is 10.1. The summed E-state index contributed by atoms with van der Waals surface area (Å²) in [5.74, 6) is 0.109. The molecule has 3 heteroatoms. The van der Waals surface area contributed by atoms with Crippen LogP contribution in [0.3, 0.4) is 0 Å². The van der Waals surface area contributed by atoms with E-state index in [2.05, 4.69) is 5.32 Å². The number of rotatable bonds is 3. The Kier molecular flexibility index (Phi) is 3.61. The van der Waals surface area contributed by atoms with Gasteiger partial charge in [0.1, 0.15) is 0 Å². The Bertz CT molecular complexity index is 383. The quantitative estimate of drug-likeness (QED) is 0.771. The number of anilines is 1. The molecule has 0 unspecified atom stereocenters. The van der Waals surface area contributed by atoms with Crippen molar-refractivity contribution in [2.75, 3.05) is 5.32 Å². The predicted octanol–water partition coefficient (Wildman–Crippen LogP) is 2.58. The first-order valence-corrected chi connectivity index (χ1v) is 4.92. The van der Waals surface area contributed by atoms with Crippen LogP contribution in [0, 0.1) is 0 Å². The SMILES string of the molecule is CC(=O)Nc1c(C=O)cccc1C(C)C. The Labute approximate surface area is 89.5 Å². The van der Waals surface area contributed by atoms with Crippen LogP contribution in [0.2, 0.25) is 0 Å². The lowest BCUT2D eigenvalue weighted by Crippen LogP contribution is -2.11. The number of hydrogen-bond donors (Lipinski definition) is 1. The maximum atomic E-state index is 11.0. The Morgan fingerprint density at radius 3 is 2.53 bits per heavy atom. The van der Waals surface area contributed by atoms with Crippen molar-refractivity contribution in [1.82, 2.24) is 0 Å². The number of benzene rings is 1. The summed E-state index contributed by atoms with van der Waals surface area (Å²) < 4.78 is 0. The van der Waals surface area contributed by atoms with Gasteiger partial charge in [0.05, 0.1) is 5.69 Å². The van der Waals surface area contributed by atoms with Gasteiger partial charge in [0.2, 0.25) is 5.91 Å². The van der Waals surface area contributed by atoms with Gasteiger partial charge < -0.3 is 5.32 Å². The maximum absolute atomic E-state index is 11.0. The van der Waals surface area contributed by atoms with Gasteiger partial charge in [-0.15, -0.1) is 0 Å². The highest BCUT2D eigenvalue weighted by Gasteiger charge is 2.11. The molecule has 0 aliphatic heterocycles. The molecule has 0 atom stereocenters. The largest absolute Gasteiger partial charge is 0.325 e. The second kappa shape index (κ2) is 4.73. The maximum Gasteiger partial charge on any atom is 0.221 e. The lowest BCUT2D eigenvalue weighted by atomic mass is 9.98. The fraction of sp³-hybridized carbons (Fsp3) is 0.333. The van der Waals surface area contributed by atoms with Gasteiger partial charge in [-0.25, -0.2) is 0 Å². The van der Waals surface area contributed by atoms with Crippen molar-refractivity contribution in [3.05, 3.63) is 29.3 Å². The van der Waals surface area contributed by atoms with Crippen LogP contribution in [0.5, 0.6) is 0 Å². The van der Waals surface area contributed by atoms with Crippen LogP contribution in [0.4, 0.5) is 5.69 Å². The summed E-state index contributed by atoms with van der Waals surface area (Å²) in [5, 5.41) is 2.70. The molecule has 0 bridgehead atoms. The molecule has 0 fully saturated rings. The molecule has 0 spiro atoms. The number of aldehydes is 1. The smallest absolute Gasteiger partial charge is 0.221 e. The lowest BCUT2D eigenvalue weighted by Gasteiger charge is -2.14. The number of hydrogen-bond acceptors (Lipinski definition) is 2. The third-order valence-corrected chi connectivity index (χ3v) is 2.18. The van der Waals surface area contributed by atoms with E-state index in [-0.39, 0.29) is 11.8 Å². The number of carbonyl (C=O) groups is 2. The Hall–Kier alpha value is -1.64. The van der Waals surface area contributed by atoms with Gasteiger partial charge in [-0.05, 0) is 17.5 Å². The zero-order valence-corrected chi connectivity index (χ0v) is 9.20. The summed E-state index contributed by atoms with van der Waals surface area (Å²) >= 11 is 0. The number of para-hydroxylation sites is 1. The third-order valence-electron chi connectivity index (χ3n) is 2.18. The molecule has 1 aromatic carbocycles. The van der Waals surface area contributed by atoms with Gasteiger partial charge in [0.15, 0.2) is 6.29 Å². The summed E-state index contributed by atoms with van der Waals surface area (Å²) in [7, 11) is 0. The molecule has 80 valence electrons. The summed E-state index contributed by atoms with van der Waals surface area (Å²) in [5.41, 5.74) is 2.14. The first-order valence-electron chi connectivity index (χ1n) is 4.92. The summed E-state index contributed by atoms with van der Waals surface area (Å²) in [6, 6.07) is 5.44. The van der Waals surface area contributed by atoms with Gasteiger partial charge in [0, 0.05) is 12.5 Å². The van der Waals surface area contributed by atoms with E-state index in [4.69, 9.17) is 0 Å². The van der Waals surface area contributed by atoms with Crippen LogP contribution in [0.1, 0.15) is 42.6 Å². The molecule has 0 radical (unpaired) electrons. The monoisotopic (exact) mass is 205 g/mol. The molecular formula is C12H15NO2. The molecule has 0 saturated carbocycles. The van der Waals surface area contributed by atoms with Crippen molar-refractivity contribution in [1.29, 1.82) is 0 Å². The minimum Gasteiger partial charge on any atom is -0.325 e. The molecule has 1 rings (SSSR count). The molecule has 1 aromatic rings. The molecule has 0 heterocycles. The van der Waals surface area contributed by atoms with Crippen LogP contribution in [0.25, 0.3) is 0 Å². The highest BCUT2D eigenvalue weighted by molar-refractivity contribution is 5.96. The average molecular weight is 205 g/mol. The Morgan fingerprint density at radius 2 is 2.07 bits per heavy atom. The molecule has 0 aromatic heterocycles. The topological polar surface area (TPSA) is 46.2 Å². The number of carbonyl (C=O) groups excluding carboxylic acids is 2. The van der Waals surface area contributed by atoms with E-state index in [0.29, 0.717) is 11.3 Å². The number of nitrogens with one attached hydrogen (secondary N) is 1. The van der Waals surface area contributed by atoms with E-state index in [1.807, 2.05) is 26.0 Å². The molecule has 1 N–H and O–H groups in total. The minimum atomic E-state index is -0.161. The van der Waals surface area contributed by atoms with Crippen molar-refractivity contribution in [2.45, 2.75) is 26.7 Å². The van der Waals surface area contributed by atoms with Crippen molar-refractivity contribution < 1.29 is 9.59 Å². The van der Waals surface area contributed by atoms with Gasteiger partial charge in [-0.3, -0.25) is 9.59 Å². The van der Waals surface area contributed by atoms with Gasteiger partial charge in [0.25, 0.3) is 0 Å². The van der Waals surface area contributed by atoms with Gasteiger partial charge in [-0.1, -0.05) is 26.0 Å². The van der Waals surface area contributed by atoms with E-state index < -0.39 is 0 Å². The van der Waals surface area contributed by atoms with E-state index in [0.717, 1.165) is 11.8 Å². The van der Waals surface area contributed by atoms with Crippen molar-refractivity contribution >= 4 is 17.9 Å². The van der Waals surface area contributed by atoms with Crippen LogP contribution in [-0.4, -0.2) is 12.2 Å².